The lowest BCUT2D eigenvalue weighted by Crippen LogP contribution is -1.97. The molecule has 0 aliphatic heterocycles. The van der Waals surface area contributed by atoms with Gasteiger partial charge in [-0.05, 0) is 29.6 Å². The van der Waals surface area contributed by atoms with Gasteiger partial charge in [-0.3, -0.25) is 0 Å². The summed E-state index contributed by atoms with van der Waals surface area (Å²) >= 11 is 1.67. The van der Waals surface area contributed by atoms with Gasteiger partial charge >= 0.3 is 0 Å². The molecule has 0 atom stereocenters. The van der Waals surface area contributed by atoms with Crippen molar-refractivity contribution >= 4 is 11.3 Å². The van der Waals surface area contributed by atoms with Gasteiger partial charge in [0.15, 0.2) is 0 Å². The third-order valence-electron chi connectivity index (χ3n) is 2.49. The van der Waals surface area contributed by atoms with E-state index in [0.29, 0.717) is 18.8 Å². The first kappa shape index (κ1) is 12.6. The Morgan fingerprint density at radius 1 is 1.28 bits per heavy atom. The minimum atomic E-state index is 0.441. The topological polar surface area (TPSA) is 42.2 Å². The fraction of sp³-hybridized carbons (Fsp3) is 0.214. The normalized spacial score (nSPS) is 10.0. The molecule has 3 nitrogen and oxygen atoms in total. The van der Waals surface area contributed by atoms with Crippen molar-refractivity contribution in [2.75, 3.05) is 7.11 Å². The van der Waals surface area contributed by atoms with Crippen LogP contribution in [0.15, 0.2) is 35.7 Å². The highest BCUT2D eigenvalue weighted by Crippen LogP contribution is 2.21. The lowest BCUT2D eigenvalue weighted by atomic mass is 10.1. The van der Waals surface area contributed by atoms with Crippen molar-refractivity contribution in [1.82, 2.24) is 0 Å². The number of thiophene rings is 1. The molecule has 2 aromatic rings. The molecule has 0 aliphatic rings. The molecule has 0 aliphatic carbocycles. The highest BCUT2D eigenvalue weighted by molar-refractivity contribution is 7.09. The number of nitriles is 1. The molecule has 18 heavy (non-hydrogen) atoms. The van der Waals surface area contributed by atoms with Crippen LogP contribution in [0.3, 0.4) is 0 Å². The van der Waals surface area contributed by atoms with Crippen molar-refractivity contribution in [3.8, 4) is 11.8 Å². The molecule has 0 saturated carbocycles. The lowest BCUT2D eigenvalue weighted by molar-refractivity contribution is 0.107. The molecule has 0 N–H and O–H groups in total. The van der Waals surface area contributed by atoms with E-state index in [1.165, 1.54) is 4.88 Å². The molecule has 0 unspecified atom stereocenters. The Morgan fingerprint density at radius 3 is 2.83 bits per heavy atom. The molecule has 1 heterocycles. The second kappa shape index (κ2) is 6.20. The van der Waals surface area contributed by atoms with E-state index in [1.54, 1.807) is 36.6 Å². The maximum Gasteiger partial charge on any atom is 0.124 e. The number of nitrogens with zero attached hydrogens (tertiary/aromatic N) is 1. The molecule has 0 amide bonds. The van der Waals surface area contributed by atoms with Gasteiger partial charge in [0.25, 0.3) is 0 Å². The lowest BCUT2D eigenvalue weighted by Gasteiger charge is -2.09. The molecular formula is C14H13NO2S. The van der Waals surface area contributed by atoms with Crippen LogP contribution in [-0.4, -0.2) is 7.11 Å². The van der Waals surface area contributed by atoms with Crippen LogP contribution in [0.2, 0.25) is 0 Å². The molecule has 0 spiro atoms. The molecule has 0 bridgehead atoms. The second-order valence-corrected chi connectivity index (χ2v) is 4.74. The molecule has 0 saturated heterocycles. The van der Waals surface area contributed by atoms with Crippen molar-refractivity contribution in [3.05, 3.63) is 51.7 Å². The van der Waals surface area contributed by atoms with Crippen LogP contribution in [-0.2, 0) is 18.0 Å². The second-order valence-electron chi connectivity index (χ2n) is 3.71. The third-order valence-corrected chi connectivity index (χ3v) is 3.34. The summed E-state index contributed by atoms with van der Waals surface area (Å²) in [6, 6.07) is 11.5. The van der Waals surface area contributed by atoms with Crippen molar-refractivity contribution in [2.24, 2.45) is 0 Å². The van der Waals surface area contributed by atoms with Crippen molar-refractivity contribution in [3.63, 3.8) is 0 Å². The summed E-state index contributed by atoms with van der Waals surface area (Å²) in [5.74, 6) is 0.750. The predicted octanol–water partition coefficient (Wildman–Crippen LogP) is 3.35. The number of rotatable bonds is 5. The molecule has 1 aromatic heterocycles. The summed E-state index contributed by atoms with van der Waals surface area (Å²) < 4.78 is 10.9. The van der Waals surface area contributed by atoms with Gasteiger partial charge in [0.2, 0.25) is 0 Å². The Balaban J connectivity index is 2.01. The van der Waals surface area contributed by atoms with Crippen LogP contribution in [0, 0.1) is 11.3 Å². The number of benzene rings is 1. The zero-order valence-electron chi connectivity index (χ0n) is 10.1. The Labute approximate surface area is 110 Å². The van der Waals surface area contributed by atoms with Crippen molar-refractivity contribution in [2.45, 2.75) is 13.2 Å². The molecule has 1 aromatic carbocycles. The third kappa shape index (κ3) is 3.10. The molecule has 0 fully saturated rings. The van der Waals surface area contributed by atoms with Gasteiger partial charge in [-0.1, -0.05) is 6.07 Å². The van der Waals surface area contributed by atoms with E-state index < -0.39 is 0 Å². The summed E-state index contributed by atoms with van der Waals surface area (Å²) in [6.45, 7) is 1.02. The fourth-order valence-corrected chi connectivity index (χ4v) is 2.26. The summed E-state index contributed by atoms with van der Waals surface area (Å²) in [4.78, 5) is 1.19. The number of hydrogen-bond donors (Lipinski definition) is 0. The Hall–Kier alpha value is -1.83. The van der Waals surface area contributed by atoms with Gasteiger partial charge in [0.1, 0.15) is 5.75 Å². The van der Waals surface area contributed by atoms with E-state index in [1.807, 2.05) is 17.5 Å². The van der Waals surface area contributed by atoms with E-state index in [-0.39, 0.29) is 0 Å². The molecule has 92 valence electrons. The van der Waals surface area contributed by atoms with Gasteiger partial charge in [0, 0.05) is 10.4 Å². The maximum absolute atomic E-state index is 8.87. The average Bonchev–Trinajstić information content (AvgIpc) is 2.92. The van der Waals surface area contributed by atoms with Crippen LogP contribution in [0.4, 0.5) is 0 Å². The number of ether oxygens (including phenoxy) is 2. The summed E-state index contributed by atoms with van der Waals surface area (Å²) in [5, 5.41) is 10.9. The van der Waals surface area contributed by atoms with Crippen LogP contribution in [0.25, 0.3) is 0 Å². The highest BCUT2D eigenvalue weighted by Gasteiger charge is 2.05. The SMILES string of the molecule is COc1ccc(C#N)cc1COCc1cccs1. The van der Waals surface area contributed by atoms with Crippen LogP contribution in [0.1, 0.15) is 16.0 Å². The Bertz CT molecular complexity index is 543. The number of methoxy groups -OCH3 is 1. The fourth-order valence-electron chi connectivity index (χ4n) is 1.62. The molecule has 4 heteroatoms. The van der Waals surface area contributed by atoms with Gasteiger partial charge in [-0.25, -0.2) is 0 Å². The first-order valence-electron chi connectivity index (χ1n) is 5.50. The van der Waals surface area contributed by atoms with Crippen LogP contribution >= 0.6 is 11.3 Å². The van der Waals surface area contributed by atoms with Gasteiger partial charge in [0.05, 0.1) is 32.0 Å². The number of hydrogen-bond acceptors (Lipinski definition) is 4. The van der Waals surface area contributed by atoms with Gasteiger partial charge in [-0.15, -0.1) is 11.3 Å². The van der Waals surface area contributed by atoms with Gasteiger partial charge < -0.3 is 9.47 Å². The largest absolute Gasteiger partial charge is 0.496 e. The Morgan fingerprint density at radius 2 is 2.17 bits per heavy atom. The van der Waals surface area contributed by atoms with Crippen molar-refractivity contribution < 1.29 is 9.47 Å². The van der Waals surface area contributed by atoms with E-state index in [0.717, 1.165) is 11.3 Å². The van der Waals surface area contributed by atoms with Crippen LogP contribution < -0.4 is 4.74 Å². The molecular weight excluding hydrogens is 246 g/mol. The van der Waals surface area contributed by atoms with E-state index in [4.69, 9.17) is 14.7 Å². The van der Waals surface area contributed by atoms with E-state index in [9.17, 15) is 0 Å². The Kier molecular flexibility index (Phi) is 4.35. The minimum absolute atomic E-state index is 0.441. The van der Waals surface area contributed by atoms with E-state index >= 15 is 0 Å². The first-order chi connectivity index (χ1) is 8.83. The predicted molar refractivity (Wildman–Crippen MR) is 70.5 cm³/mol. The quantitative estimate of drug-likeness (QED) is 0.827. The zero-order chi connectivity index (χ0) is 12.8. The monoisotopic (exact) mass is 259 g/mol. The van der Waals surface area contributed by atoms with Gasteiger partial charge in [-0.2, -0.15) is 5.26 Å². The molecule has 2 rings (SSSR count). The smallest absolute Gasteiger partial charge is 0.124 e. The van der Waals surface area contributed by atoms with Crippen molar-refractivity contribution in [1.29, 1.82) is 5.26 Å². The van der Waals surface area contributed by atoms with Crippen LogP contribution in [0.5, 0.6) is 5.75 Å². The first-order valence-corrected chi connectivity index (χ1v) is 6.38. The highest BCUT2D eigenvalue weighted by atomic mass is 32.1. The summed E-state index contributed by atoms with van der Waals surface area (Å²) in [6.07, 6.45) is 0. The van der Waals surface area contributed by atoms with E-state index in [2.05, 4.69) is 6.07 Å². The standard InChI is InChI=1S/C14H13NO2S/c1-16-14-5-4-11(8-15)7-12(14)9-17-10-13-3-2-6-18-13/h2-7H,9-10H2,1H3. The minimum Gasteiger partial charge on any atom is -0.496 e. The summed E-state index contributed by atoms with van der Waals surface area (Å²) in [7, 11) is 1.62. The molecule has 0 radical (unpaired) electrons. The summed E-state index contributed by atoms with van der Waals surface area (Å²) in [5.41, 5.74) is 1.51. The zero-order valence-corrected chi connectivity index (χ0v) is 10.9. The maximum atomic E-state index is 8.87. The average molecular weight is 259 g/mol.